The smallest absolute Gasteiger partial charge is 0.426 e. The fourth-order valence-corrected chi connectivity index (χ4v) is 2.84. The van der Waals surface area contributed by atoms with E-state index in [4.69, 9.17) is 4.74 Å². The van der Waals surface area contributed by atoms with Gasteiger partial charge < -0.3 is 20.7 Å². The van der Waals surface area contributed by atoms with Gasteiger partial charge in [-0.1, -0.05) is 12.1 Å². The fourth-order valence-electron chi connectivity index (χ4n) is 2.84. The summed E-state index contributed by atoms with van der Waals surface area (Å²) in [5.41, 5.74) is -4.23. The molecular formula is C23H19F5N4O3. The number of hydrogen-bond donors (Lipinski definition) is 3. The molecule has 0 aliphatic carbocycles. The van der Waals surface area contributed by atoms with Crippen LogP contribution in [0.25, 0.3) is 0 Å². The normalized spacial score (nSPS) is 12.9. The molecule has 1 heterocycles. The molecule has 1 unspecified atom stereocenters. The molecule has 3 amide bonds. The summed E-state index contributed by atoms with van der Waals surface area (Å²) in [7, 11) is 1.44. The number of hydrogen-bond acceptors (Lipinski definition) is 4. The van der Waals surface area contributed by atoms with Gasteiger partial charge in [0, 0.05) is 31.1 Å². The minimum absolute atomic E-state index is 0.0641. The van der Waals surface area contributed by atoms with E-state index in [0.29, 0.717) is 6.92 Å². The molecule has 2 aromatic carbocycles. The summed E-state index contributed by atoms with van der Waals surface area (Å²) >= 11 is 0. The number of nitrogens with zero attached hydrogens (tertiary/aromatic N) is 1. The summed E-state index contributed by atoms with van der Waals surface area (Å²) in [6, 6.07) is 9.52. The number of halogens is 5. The summed E-state index contributed by atoms with van der Waals surface area (Å²) in [5.74, 6) is -0.959. The molecule has 0 radical (unpaired) electrons. The van der Waals surface area contributed by atoms with Crippen LogP contribution in [0.15, 0.2) is 60.8 Å². The second-order valence-electron chi connectivity index (χ2n) is 7.36. The summed E-state index contributed by atoms with van der Waals surface area (Å²) in [5, 5.41) is 6.98. The van der Waals surface area contributed by atoms with Gasteiger partial charge in [-0.2, -0.15) is 13.2 Å². The van der Waals surface area contributed by atoms with Crippen molar-refractivity contribution >= 4 is 23.3 Å². The van der Waals surface area contributed by atoms with Crippen LogP contribution in [0.3, 0.4) is 0 Å². The summed E-state index contributed by atoms with van der Waals surface area (Å²) in [4.78, 5) is 27.7. The molecule has 0 fully saturated rings. The Balaban J connectivity index is 1.64. The highest BCUT2D eigenvalue weighted by molar-refractivity contribution is 5.99. The number of pyridine rings is 1. The maximum absolute atomic E-state index is 14.5. The largest absolute Gasteiger partial charge is 0.457 e. The van der Waals surface area contributed by atoms with E-state index in [9.17, 15) is 31.5 Å². The molecule has 3 rings (SSSR count). The number of carbonyl (C=O) groups is 2. The fraction of sp³-hybridized carbons (Fsp3) is 0.174. The number of alkyl halides is 4. The lowest BCUT2D eigenvalue weighted by Gasteiger charge is -2.24. The molecule has 0 aliphatic rings. The second kappa shape index (κ2) is 9.95. The van der Waals surface area contributed by atoms with Crippen molar-refractivity contribution in [3.8, 4) is 11.5 Å². The maximum atomic E-state index is 14.5. The molecule has 0 saturated heterocycles. The predicted molar refractivity (Wildman–Crippen MR) is 118 cm³/mol. The molecule has 0 aliphatic heterocycles. The number of aromatic nitrogens is 1. The zero-order valence-corrected chi connectivity index (χ0v) is 18.3. The molecule has 7 nitrogen and oxygen atoms in total. The Morgan fingerprint density at radius 2 is 1.57 bits per heavy atom. The number of urea groups is 1. The van der Waals surface area contributed by atoms with Crippen molar-refractivity contribution < 1.29 is 36.3 Å². The maximum Gasteiger partial charge on any atom is 0.426 e. The lowest BCUT2D eigenvalue weighted by Crippen LogP contribution is -2.34. The Bertz CT molecular complexity index is 1230. The molecule has 12 heteroatoms. The van der Waals surface area contributed by atoms with Gasteiger partial charge in [-0.15, -0.1) is 0 Å². The first-order chi connectivity index (χ1) is 16.4. The van der Waals surface area contributed by atoms with Crippen LogP contribution in [0, 0.1) is 5.82 Å². The average molecular weight is 494 g/mol. The Morgan fingerprint density at radius 1 is 0.914 bits per heavy atom. The third kappa shape index (κ3) is 6.02. The number of carbonyl (C=O) groups excluding carboxylic acids is 2. The van der Waals surface area contributed by atoms with Crippen molar-refractivity contribution in [1.29, 1.82) is 0 Å². The van der Waals surface area contributed by atoms with Crippen LogP contribution in [-0.4, -0.2) is 30.1 Å². The van der Waals surface area contributed by atoms with Crippen molar-refractivity contribution in [3.05, 3.63) is 77.9 Å². The van der Waals surface area contributed by atoms with Crippen molar-refractivity contribution in [2.75, 3.05) is 17.7 Å². The van der Waals surface area contributed by atoms with Gasteiger partial charge in [0.1, 0.15) is 23.0 Å². The van der Waals surface area contributed by atoms with Crippen LogP contribution in [0.5, 0.6) is 11.5 Å². The van der Waals surface area contributed by atoms with Crippen LogP contribution in [0.1, 0.15) is 23.0 Å². The highest BCUT2D eigenvalue weighted by atomic mass is 19.4. The number of ether oxygens (including phenoxy) is 1. The van der Waals surface area contributed by atoms with Crippen LogP contribution < -0.4 is 20.7 Å². The van der Waals surface area contributed by atoms with E-state index in [1.165, 1.54) is 37.5 Å². The van der Waals surface area contributed by atoms with E-state index in [0.717, 1.165) is 30.3 Å². The van der Waals surface area contributed by atoms with Crippen LogP contribution >= 0.6 is 0 Å². The first-order valence-corrected chi connectivity index (χ1v) is 10.0. The SMILES string of the molecule is CNC(=O)c1cc(Oc2ccc(NC(=O)Nc3ccc(C(C)(F)C(F)(F)F)cc3)c(F)c2)ccn1. The molecule has 0 saturated carbocycles. The minimum atomic E-state index is -5.10. The van der Waals surface area contributed by atoms with Gasteiger partial charge in [-0.3, -0.25) is 9.78 Å². The number of nitrogens with one attached hydrogen (secondary N) is 3. The van der Waals surface area contributed by atoms with Crippen LogP contribution in [-0.2, 0) is 5.67 Å². The van der Waals surface area contributed by atoms with E-state index < -0.39 is 35.2 Å². The third-order valence-corrected chi connectivity index (χ3v) is 4.83. The van der Waals surface area contributed by atoms with Gasteiger partial charge in [-0.05, 0) is 42.8 Å². The van der Waals surface area contributed by atoms with E-state index >= 15 is 0 Å². The van der Waals surface area contributed by atoms with Gasteiger partial charge in [-0.25, -0.2) is 13.6 Å². The van der Waals surface area contributed by atoms with Crippen LogP contribution in [0.4, 0.5) is 38.1 Å². The second-order valence-corrected chi connectivity index (χ2v) is 7.36. The first kappa shape index (κ1) is 25.4. The van der Waals surface area contributed by atoms with E-state index in [2.05, 4.69) is 20.9 Å². The standard InChI is InChI=1S/C23H19F5N4O3/c1-22(25,23(26,27)28)13-3-5-14(6-4-13)31-21(34)32-18-8-7-15(11-17(18)24)35-16-9-10-30-19(12-16)20(33)29-2/h3-12H,1-2H3,(H,29,33)(H2,31,32,34). The Kier molecular flexibility index (Phi) is 7.22. The van der Waals surface area contributed by atoms with Crippen molar-refractivity contribution in [1.82, 2.24) is 10.3 Å². The van der Waals surface area contributed by atoms with Gasteiger partial charge in [0.15, 0.2) is 0 Å². The molecule has 3 N–H and O–H groups in total. The molecule has 0 spiro atoms. The lowest BCUT2D eigenvalue weighted by atomic mass is 9.97. The van der Waals surface area contributed by atoms with Crippen molar-refractivity contribution in [2.45, 2.75) is 18.8 Å². The van der Waals surface area contributed by atoms with Gasteiger partial charge in [0.05, 0.1) is 5.69 Å². The molecule has 1 atom stereocenters. The van der Waals surface area contributed by atoms with Crippen molar-refractivity contribution in [3.63, 3.8) is 0 Å². The number of amides is 3. The molecule has 3 aromatic rings. The first-order valence-electron chi connectivity index (χ1n) is 10.0. The Labute approximate surface area is 196 Å². The minimum Gasteiger partial charge on any atom is -0.457 e. The number of rotatable bonds is 6. The zero-order chi connectivity index (χ0) is 25.8. The topological polar surface area (TPSA) is 92.4 Å². The molecular weight excluding hydrogens is 475 g/mol. The Hall–Kier alpha value is -4.22. The van der Waals surface area contributed by atoms with Gasteiger partial charge in [0.2, 0.25) is 5.67 Å². The molecule has 184 valence electrons. The molecule has 35 heavy (non-hydrogen) atoms. The zero-order valence-electron chi connectivity index (χ0n) is 18.3. The summed E-state index contributed by atoms with van der Waals surface area (Å²) in [6.07, 6.45) is -3.75. The molecule has 1 aromatic heterocycles. The van der Waals surface area contributed by atoms with Crippen LogP contribution in [0.2, 0.25) is 0 Å². The number of anilines is 2. The summed E-state index contributed by atoms with van der Waals surface area (Å²) < 4.78 is 72.4. The lowest BCUT2D eigenvalue weighted by molar-refractivity contribution is -0.228. The third-order valence-electron chi connectivity index (χ3n) is 4.83. The van der Waals surface area contributed by atoms with Crippen molar-refractivity contribution in [2.24, 2.45) is 0 Å². The monoisotopic (exact) mass is 494 g/mol. The average Bonchev–Trinajstić information content (AvgIpc) is 2.80. The summed E-state index contributed by atoms with van der Waals surface area (Å²) in [6.45, 7) is 0.397. The highest BCUT2D eigenvalue weighted by Gasteiger charge is 2.53. The van der Waals surface area contributed by atoms with E-state index in [1.54, 1.807) is 0 Å². The number of benzene rings is 2. The quantitative estimate of drug-likeness (QED) is 0.380. The van der Waals surface area contributed by atoms with Gasteiger partial charge in [0.25, 0.3) is 5.91 Å². The van der Waals surface area contributed by atoms with E-state index in [1.807, 2.05) is 0 Å². The Morgan fingerprint density at radius 3 is 2.17 bits per heavy atom. The predicted octanol–water partition coefficient (Wildman–Crippen LogP) is 5.76. The molecule has 0 bridgehead atoms. The van der Waals surface area contributed by atoms with E-state index in [-0.39, 0.29) is 28.6 Å². The highest BCUT2D eigenvalue weighted by Crippen LogP contribution is 2.42. The van der Waals surface area contributed by atoms with Gasteiger partial charge >= 0.3 is 12.2 Å².